The lowest BCUT2D eigenvalue weighted by Gasteiger charge is -2.37. The van der Waals surface area contributed by atoms with Gasteiger partial charge in [-0.2, -0.15) is 22.7 Å². The standard InChI is InChI=1S/C31H40F4N8O4/c1-6-23-25(39-12-14-40(15-13-39)29(46)47-30(3,4)5)26(45)43-28(37-27(38-43)41-11-7-8-21(32)17-41)42(23)18-24(44)36-22-10-9-20(16-19(22)2)31(33,34)35/h9-10,16,21H,6-8,11-15,17-18H2,1-5H3,(H,36,44)/t21-/m0/s1. The summed E-state index contributed by atoms with van der Waals surface area (Å²) in [5.41, 5.74) is -0.735. The topological polar surface area (TPSA) is 117 Å². The molecular formula is C31H40F4N8O4. The number of piperidine rings is 1. The largest absolute Gasteiger partial charge is 0.444 e. The van der Waals surface area contributed by atoms with Crippen molar-refractivity contribution >= 4 is 35.1 Å². The molecule has 4 heterocycles. The Bertz CT molecular complexity index is 1710. The first kappa shape index (κ1) is 34.0. The number of hydrogen-bond donors (Lipinski definition) is 1. The van der Waals surface area contributed by atoms with Gasteiger partial charge in [-0.1, -0.05) is 6.92 Å². The van der Waals surface area contributed by atoms with Crippen LogP contribution in [0.1, 0.15) is 57.4 Å². The van der Waals surface area contributed by atoms with E-state index in [1.165, 1.54) is 13.0 Å². The number of hydrogen-bond acceptors (Lipinski definition) is 8. The summed E-state index contributed by atoms with van der Waals surface area (Å²) >= 11 is 0. The molecule has 16 heteroatoms. The van der Waals surface area contributed by atoms with Crippen molar-refractivity contribution in [3.8, 4) is 0 Å². The first-order chi connectivity index (χ1) is 22.1. The highest BCUT2D eigenvalue weighted by atomic mass is 19.4. The monoisotopic (exact) mass is 664 g/mol. The molecule has 0 saturated carbocycles. The molecule has 5 rings (SSSR count). The fourth-order valence-corrected chi connectivity index (χ4v) is 5.91. The van der Waals surface area contributed by atoms with E-state index >= 15 is 0 Å². The van der Waals surface area contributed by atoms with Gasteiger partial charge in [-0.05, 0) is 70.7 Å². The van der Waals surface area contributed by atoms with Crippen LogP contribution in [0.4, 0.5) is 39.7 Å². The molecule has 2 fully saturated rings. The molecule has 1 atom stereocenters. The summed E-state index contributed by atoms with van der Waals surface area (Å²) < 4.78 is 62.1. The van der Waals surface area contributed by atoms with Gasteiger partial charge in [0.05, 0.1) is 17.8 Å². The Morgan fingerprint density at radius 1 is 1.06 bits per heavy atom. The molecule has 2 aliphatic rings. The molecule has 2 saturated heterocycles. The minimum Gasteiger partial charge on any atom is -0.444 e. The van der Waals surface area contributed by atoms with Gasteiger partial charge in [-0.25, -0.2) is 9.18 Å². The van der Waals surface area contributed by atoms with Crippen LogP contribution in [0.25, 0.3) is 5.78 Å². The molecular weight excluding hydrogens is 624 g/mol. The van der Waals surface area contributed by atoms with E-state index in [1.807, 2.05) is 11.8 Å². The molecule has 1 N–H and O–H groups in total. The molecule has 0 aliphatic carbocycles. The van der Waals surface area contributed by atoms with Gasteiger partial charge in [0.1, 0.15) is 24.0 Å². The fraction of sp³-hybridized carbons (Fsp3) is 0.581. The molecule has 0 spiro atoms. The van der Waals surface area contributed by atoms with E-state index in [9.17, 15) is 31.9 Å². The van der Waals surface area contributed by atoms with Gasteiger partial charge in [0, 0.05) is 38.4 Å². The molecule has 12 nitrogen and oxygen atoms in total. The smallest absolute Gasteiger partial charge is 0.416 e. The van der Waals surface area contributed by atoms with Crippen LogP contribution in [0.2, 0.25) is 0 Å². The highest BCUT2D eigenvalue weighted by Gasteiger charge is 2.33. The number of carbonyl (C=O) groups is 2. The minimum absolute atomic E-state index is 0.0683. The van der Waals surface area contributed by atoms with Gasteiger partial charge in [0.15, 0.2) is 0 Å². The highest BCUT2D eigenvalue weighted by Crippen LogP contribution is 2.32. The number of ether oxygens (including phenoxy) is 1. The second-order valence-electron chi connectivity index (χ2n) is 12.9. The van der Waals surface area contributed by atoms with E-state index < -0.39 is 41.1 Å². The van der Waals surface area contributed by atoms with Crippen molar-refractivity contribution in [2.45, 2.75) is 78.4 Å². The van der Waals surface area contributed by atoms with Crippen molar-refractivity contribution in [2.24, 2.45) is 0 Å². The zero-order chi connectivity index (χ0) is 34.3. The summed E-state index contributed by atoms with van der Waals surface area (Å²) in [6.45, 7) is 10.1. The number of piperazine rings is 1. The molecule has 2 aliphatic heterocycles. The van der Waals surface area contributed by atoms with Crippen molar-refractivity contribution in [1.82, 2.24) is 24.1 Å². The third-order valence-corrected chi connectivity index (χ3v) is 8.17. The van der Waals surface area contributed by atoms with Crippen molar-refractivity contribution in [3.05, 3.63) is 45.4 Å². The molecule has 256 valence electrons. The Balaban J connectivity index is 1.51. The SMILES string of the molecule is CCc1c(N2CCN(C(=O)OC(C)(C)C)CC2)c(=O)n2nc(N3CCC[C@H](F)C3)nc2n1CC(=O)Nc1ccc(C(F)(F)F)cc1C. The average molecular weight is 665 g/mol. The minimum atomic E-state index is -4.53. The highest BCUT2D eigenvalue weighted by molar-refractivity contribution is 5.91. The lowest BCUT2D eigenvalue weighted by atomic mass is 10.1. The number of benzene rings is 1. The number of rotatable bonds is 6. The number of aryl methyl sites for hydroxylation is 1. The van der Waals surface area contributed by atoms with E-state index in [4.69, 9.17) is 4.74 Å². The summed E-state index contributed by atoms with van der Waals surface area (Å²) in [4.78, 5) is 49.9. The molecule has 1 aromatic carbocycles. The molecule has 0 bridgehead atoms. The third-order valence-electron chi connectivity index (χ3n) is 8.17. The maximum Gasteiger partial charge on any atom is 0.416 e. The zero-order valence-electron chi connectivity index (χ0n) is 27.2. The van der Waals surface area contributed by atoms with Crippen LogP contribution in [0, 0.1) is 6.92 Å². The van der Waals surface area contributed by atoms with E-state index in [0.717, 1.165) is 16.6 Å². The number of alkyl halides is 4. The number of amides is 2. The van der Waals surface area contributed by atoms with Crippen LogP contribution < -0.4 is 20.7 Å². The van der Waals surface area contributed by atoms with Gasteiger partial charge >= 0.3 is 12.3 Å². The first-order valence-electron chi connectivity index (χ1n) is 15.7. The summed E-state index contributed by atoms with van der Waals surface area (Å²) in [6, 6.07) is 3.06. The second kappa shape index (κ2) is 13.0. The number of anilines is 3. The summed E-state index contributed by atoms with van der Waals surface area (Å²) in [6.07, 6.45) is -4.73. The number of fused-ring (bicyclic) bond motifs is 1. The van der Waals surface area contributed by atoms with Gasteiger partial charge in [0.2, 0.25) is 17.6 Å². The Morgan fingerprint density at radius 2 is 1.77 bits per heavy atom. The van der Waals surface area contributed by atoms with Crippen LogP contribution in [0.5, 0.6) is 0 Å². The molecule has 0 unspecified atom stereocenters. The maximum atomic E-state index is 14.3. The van der Waals surface area contributed by atoms with Gasteiger partial charge < -0.3 is 29.3 Å². The van der Waals surface area contributed by atoms with Crippen molar-refractivity contribution in [3.63, 3.8) is 0 Å². The van der Waals surface area contributed by atoms with Crippen molar-refractivity contribution in [1.29, 1.82) is 0 Å². The lowest BCUT2D eigenvalue weighted by molar-refractivity contribution is -0.137. The predicted octanol–water partition coefficient (Wildman–Crippen LogP) is 4.41. The summed E-state index contributed by atoms with van der Waals surface area (Å²) in [5.74, 6) is -0.315. The van der Waals surface area contributed by atoms with E-state index in [-0.39, 0.29) is 49.2 Å². The molecule has 2 aromatic heterocycles. The van der Waals surface area contributed by atoms with Gasteiger partial charge in [-0.3, -0.25) is 9.59 Å². The Morgan fingerprint density at radius 3 is 2.36 bits per heavy atom. The van der Waals surface area contributed by atoms with Gasteiger partial charge in [-0.15, -0.1) is 5.10 Å². The third kappa shape index (κ3) is 7.46. The quantitative estimate of drug-likeness (QED) is 0.386. The number of nitrogens with zero attached hydrogens (tertiary/aromatic N) is 7. The molecule has 2 amide bonds. The molecule has 47 heavy (non-hydrogen) atoms. The van der Waals surface area contributed by atoms with Crippen LogP contribution in [0.3, 0.4) is 0 Å². The van der Waals surface area contributed by atoms with Crippen molar-refractivity contribution < 1.29 is 31.9 Å². The van der Waals surface area contributed by atoms with E-state index in [2.05, 4.69) is 15.4 Å². The Kier molecular flexibility index (Phi) is 9.42. The second-order valence-corrected chi connectivity index (χ2v) is 12.9. The van der Waals surface area contributed by atoms with E-state index in [0.29, 0.717) is 50.3 Å². The van der Waals surface area contributed by atoms with Crippen LogP contribution in [-0.2, 0) is 28.7 Å². The summed E-state index contributed by atoms with van der Waals surface area (Å²) in [5, 5.41) is 7.15. The van der Waals surface area contributed by atoms with Gasteiger partial charge in [0.25, 0.3) is 5.56 Å². The maximum absolute atomic E-state index is 14.3. The van der Waals surface area contributed by atoms with Crippen molar-refractivity contribution in [2.75, 3.05) is 54.4 Å². The van der Waals surface area contributed by atoms with Crippen LogP contribution >= 0.6 is 0 Å². The van der Waals surface area contributed by atoms with Crippen LogP contribution in [0.15, 0.2) is 23.0 Å². The molecule has 0 radical (unpaired) electrons. The average Bonchev–Trinajstić information content (AvgIpc) is 3.44. The number of halogens is 4. The normalized spacial score (nSPS) is 17.7. The zero-order valence-corrected chi connectivity index (χ0v) is 27.2. The Hall–Kier alpha value is -4.37. The summed E-state index contributed by atoms with van der Waals surface area (Å²) in [7, 11) is 0. The molecule has 3 aromatic rings. The van der Waals surface area contributed by atoms with E-state index in [1.54, 1.807) is 35.1 Å². The lowest BCUT2D eigenvalue weighted by Crippen LogP contribution is -2.51. The first-order valence-corrected chi connectivity index (χ1v) is 15.7. The van der Waals surface area contributed by atoms with Crippen LogP contribution in [-0.4, -0.2) is 87.1 Å². The number of carbonyl (C=O) groups excluding carboxylic acids is 2. The fourth-order valence-electron chi connectivity index (χ4n) is 5.91. The Labute approximate surface area is 269 Å². The number of nitrogens with one attached hydrogen (secondary N) is 1. The predicted molar refractivity (Wildman–Crippen MR) is 168 cm³/mol. The number of aromatic nitrogens is 4.